The molecule has 110 valence electrons. The number of ether oxygens (including phenoxy) is 1. The molecule has 1 fully saturated rings. The second-order valence-corrected chi connectivity index (χ2v) is 5.16. The summed E-state index contributed by atoms with van der Waals surface area (Å²) in [5, 5.41) is 0. The number of hydrogen-bond acceptors (Lipinski definition) is 2. The van der Waals surface area contributed by atoms with Crippen LogP contribution in [0.1, 0.15) is 26.7 Å². The number of hydrogen-bond donors (Lipinski definition) is 0. The molecule has 1 amide bonds. The molecule has 0 spiro atoms. The van der Waals surface area contributed by atoms with E-state index in [-0.39, 0.29) is 17.7 Å². The highest BCUT2D eigenvalue weighted by atomic mass is 19.4. The molecule has 6 heteroatoms. The Morgan fingerprint density at radius 1 is 1.25 bits per heavy atom. The number of carbonyl (C=O) groups is 1. The molecular weight excluding hydrogens is 271 g/mol. The number of carbonyl (C=O) groups excluding carboxylic acids is 1. The van der Waals surface area contributed by atoms with E-state index in [1.807, 2.05) is 13.8 Å². The van der Waals surface area contributed by atoms with Gasteiger partial charge >= 0.3 is 6.36 Å². The Kier molecular flexibility index (Phi) is 3.92. The van der Waals surface area contributed by atoms with Gasteiger partial charge < -0.3 is 9.64 Å². The Hall–Kier alpha value is -1.72. The maximum absolute atomic E-state index is 12.1. The standard InChI is InChI=1S/C14H16F3NO2/c1-9(2)12-7-8-13(19)18(12)10-3-5-11(6-4-10)20-14(15,16)17/h3-6,9,12H,7-8H2,1-2H3. The number of halogens is 3. The smallest absolute Gasteiger partial charge is 0.406 e. The molecule has 1 aliphatic rings. The molecule has 1 saturated heterocycles. The van der Waals surface area contributed by atoms with E-state index < -0.39 is 6.36 Å². The Bertz CT molecular complexity index is 482. The monoisotopic (exact) mass is 287 g/mol. The highest BCUT2D eigenvalue weighted by Crippen LogP contribution is 2.32. The van der Waals surface area contributed by atoms with Crippen LogP contribution < -0.4 is 9.64 Å². The predicted octanol–water partition coefficient (Wildman–Crippen LogP) is 3.74. The molecule has 1 atom stereocenters. The van der Waals surface area contributed by atoms with Crippen molar-refractivity contribution in [1.29, 1.82) is 0 Å². The van der Waals surface area contributed by atoms with Crippen molar-refractivity contribution in [3.8, 4) is 5.75 Å². The Labute approximate surface area is 115 Å². The van der Waals surface area contributed by atoms with Crippen molar-refractivity contribution < 1.29 is 22.7 Å². The van der Waals surface area contributed by atoms with E-state index in [0.29, 0.717) is 18.0 Å². The van der Waals surface area contributed by atoms with Gasteiger partial charge in [0.05, 0.1) is 0 Å². The summed E-state index contributed by atoms with van der Waals surface area (Å²) < 4.78 is 40.1. The quantitative estimate of drug-likeness (QED) is 0.847. The van der Waals surface area contributed by atoms with Crippen LogP contribution in [0.3, 0.4) is 0 Å². The molecule has 2 rings (SSSR count). The van der Waals surface area contributed by atoms with Crippen LogP contribution in [0.4, 0.5) is 18.9 Å². The molecule has 1 aliphatic heterocycles. The molecule has 1 aromatic rings. The molecule has 1 aromatic carbocycles. The second-order valence-electron chi connectivity index (χ2n) is 5.16. The minimum Gasteiger partial charge on any atom is -0.406 e. The first kappa shape index (κ1) is 14.7. The van der Waals surface area contributed by atoms with Crippen molar-refractivity contribution in [2.75, 3.05) is 4.90 Å². The average molecular weight is 287 g/mol. The van der Waals surface area contributed by atoms with Gasteiger partial charge in [-0.2, -0.15) is 0 Å². The van der Waals surface area contributed by atoms with E-state index in [1.54, 1.807) is 4.90 Å². The van der Waals surface area contributed by atoms with Crippen LogP contribution in [0.5, 0.6) is 5.75 Å². The third kappa shape index (κ3) is 3.23. The minimum absolute atomic E-state index is 0.00758. The van der Waals surface area contributed by atoms with E-state index in [0.717, 1.165) is 6.42 Å². The first-order valence-electron chi connectivity index (χ1n) is 6.46. The van der Waals surface area contributed by atoms with Gasteiger partial charge in [0, 0.05) is 18.2 Å². The van der Waals surface area contributed by atoms with Crippen molar-refractivity contribution in [3.63, 3.8) is 0 Å². The van der Waals surface area contributed by atoms with E-state index in [2.05, 4.69) is 4.74 Å². The number of amides is 1. The molecule has 1 heterocycles. The average Bonchev–Trinajstić information content (AvgIpc) is 2.70. The molecule has 0 aliphatic carbocycles. The van der Waals surface area contributed by atoms with Crippen LogP contribution in [-0.4, -0.2) is 18.3 Å². The van der Waals surface area contributed by atoms with E-state index in [4.69, 9.17) is 0 Å². The second kappa shape index (κ2) is 5.34. The van der Waals surface area contributed by atoms with E-state index in [1.165, 1.54) is 24.3 Å². The summed E-state index contributed by atoms with van der Waals surface area (Å²) in [7, 11) is 0. The summed E-state index contributed by atoms with van der Waals surface area (Å²) in [6, 6.07) is 5.52. The van der Waals surface area contributed by atoms with Gasteiger partial charge in [0.1, 0.15) is 5.75 Å². The van der Waals surface area contributed by atoms with Crippen LogP contribution >= 0.6 is 0 Å². The lowest BCUT2D eigenvalue weighted by molar-refractivity contribution is -0.274. The zero-order valence-corrected chi connectivity index (χ0v) is 11.3. The Balaban J connectivity index is 2.18. The number of alkyl halides is 3. The van der Waals surface area contributed by atoms with Crippen LogP contribution in [-0.2, 0) is 4.79 Å². The summed E-state index contributed by atoms with van der Waals surface area (Å²) in [6.07, 6.45) is -3.45. The predicted molar refractivity (Wildman–Crippen MR) is 68.5 cm³/mol. The van der Waals surface area contributed by atoms with E-state index >= 15 is 0 Å². The van der Waals surface area contributed by atoms with E-state index in [9.17, 15) is 18.0 Å². The lowest BCUT2D eigenvalue weighted by atomic mass is 10.0. The van der Waals surface area contributed by atoms with Crippen molar-refractivity contribution in [1.82, 2.24) is 0 Å². The maximum Gasteiger partial charge on any atom is 0.573 e. The Morgan fingerprint density at radius 2 is 1.85 bits per heavy atom. The topological polar surface area (TPSA) is 29.5 Å². The highest BCUT2D eigenvalue weighted by Gasteiger charge is 2.34. The number of rotatable bonds is 3. The largest absolute Gasteiger partial charge is 0.573 e. The fourth-order valence-electron chi connectivity index (χ4n) is 2.48. The molecule has 0 N–H and O–H groups in total. The summed E-state index contributed by atoms with van der Waals surface area (Å²) in [5.41, 5.74) is 0.612. The molecule has 3 nitrogen and oxygen atoms in total. The van der Waals surface area contributed by atoms with Gasteiger partial charge in [0.25, 0.3) is 0 Å². The molecule has 1 unspecified atom stereocenters. The fraction of sp³-hybridized carbons (Fsp3) is 0.500. The zero-order valence-electron chi connectivity index (χ0n) is 11.3. The van der Waals surface area contributed by atoms with Gasteiger partial charge in [-0.1, -0.05) is 13.8 Å². The first-order chi connectivity index (χ1) is 9.28. The van der Waals surface area contributed by atoms with Crippen LogP contribution in [0.2, 0.25) is 0 Å². The lowest BCUT2D eigenvalue weighted by Gasteiger charge is -2.28. The maximum atomic E-state index is 12.1. The summed E-state index contributed by atoms with van der Waals surface area (Å²) in [5.74, 6) is 0.0229. The first-order valence-corrected chi connectivity index (χ1v) is 6.46. The van der Waals surface area contributed by atoms with Crippen molar-refractivity contribution in [3.05, 3.63) is 24.3 Å². The van der Waals surface area contributed by atoms with Gasteiger partial charge in [0.15, 0.2) is 0 Å². The normalized spacial score (nSPS) is 19.8. The van der Waals surface area contributed by atoms with Crippen LogP contribution in [0, 0.1) is 5.92 Å². The fourth-order valence-corrected chi connectivity index (χ4v) is 2.48. The van der Waals surface area contributed by atoms with Gasteiger partial charge in [-0.15, -0.1) is 13.2 Å². The lowest BCUT2D eigenvalue weighted by Crippen LogP contribution is -2.36. The van der Waals surface area contributed by atoms with Gasteiger partial charge in [-0.3, -0.25) is 4.79 Å². The molecule has 0 aromatic heterocycles. The molecule has 0 radical (unpaired) electrons. The zero-order chi connectivity index (χ0) is 14.9. The van der Waals surface area contributed by atoms with Gasteiger partial charge in [-0.25, -0.2) is 0 Å². The SMILES string of the molecule is CC(C)C1CCC(=O)N1c1ccc(OC(F)(F)F)cc1. The van der Waals surface area contributed by atoms with Gasteiger partial charge in [-0.05, 0) is 36.6 Å². The van der Waals surface area contributed by atoms with Gasteiger partial charge in [0.2, 0.25) is 5.91 Å². The third-order valence-electron chi connectivity index (χ3n) is 3.37. The number of benzene rings is 1. The molecular formula is C14H16F3NO2. The summed E-state index contributed by atoms with van der Waals surface area (Å²) in [6.45, 7) is 4.05. The summed E-state index contributed by atoms with van der Waals surface area (Å²) >= 11 is 0. The Morgan fingerprint density at radius 3 is 2.35 bits per heavy atom. The van der Waals surface area contributed by atoms with Crippen LogP contribution in [0.15, 0.2) is 24.3 Å². The van der Waals surface area contributed by atoms with Crippen LogP contribution in [0.25, 0.3) is 0 Å². The van der Waals surface area contributed by atoms with Crippen molar-refractivity contribution in [2.45, 2.75) is 39.1 Å². The van der Waals surface area contributed by atoms with Crippen molar-refractivity contribution in [2.24, 2.45) is 5.92 Å². The third-order valence-corrected chi connectivity index (χ3v) is 3.37. The molecule has 0 saturated carbocycles. The molecule has 20 heavy (non-hydrogen) atoms. The number of nitrogens with zero attached hydrogens (tertiary/aromatic N) is 1. The minimum atomic E-state index is -4.70. The number of anilines is 1. The molecule has 0 bridgehead atoms. The van der Waals surface area contributed by atoms with Crippen molar-refractivity contribution >= 4 is 11.6 Å². The summed E-state index contributed by atoms with van der Waals surface area (Å²) in [4.78, 5) is 13.6. The highest BCUT2D eigenvalue weighted by molar-refractivity contribution is 5.96.